The molecule has 0 spiro atoms. The molecule has 1 amide bonds. The summed E-state index contributed by atoms with van der Waals surface area (Å²) in [5, 5.41) is 0. The average Bonchev–Trinajstić information content (AvgIpc) is 3.34. The Morgan fingerprint density at radius 2 is 1.80 bits per heavy atom. The van der Waals surface area contributed by atoms with Crippen LogP contribution in [0.5, 0.6) is 0 Å². The van der Waals surface area contributed by atoms with Crippen molar-refractivity contribution < 1.29 is 23.1 Å². The van der Waals surface area contributed by atoms with Gasteiger partial charge in [-0.15, -0.1) is 0 Å². The number of hydrogen-bond acceptors (Lipinski definition) is 6. The number of benzene rings is 2. The first-order chi connectivity index (χ1) is 17.0. The van der Waals surface area contributed by atoms with E-state index in [1.54, 1.807) is 24.0 Å². The maximum atomic E-state index is 13.4. The molecule has 0 bridgehead atoms. The molecule has 1 aliphatic heterocycles. The van der Waals surface area contributed by atoms with Crippen molar-refractivity contribution in [1.82, 2.24) is 14.8 Å². The van der Waals surface area contributed by atoms with Crippen LogP contribution in [-0.2, 0) is 29.2 Å². The highest BCUT2D eigenvalue weighted by molar-refractivity contribution is 5.92. The van der Waals surface area contributed by atoms with Crippen LogP contribution in [0.1, 0.15) is 47.3 Å². The van der Waals surface area contributed by atoms with E-state index in [0.29, 0.717) is 51.6 Å². The SMILES string of the molecule is CCOC(=O)C1CCCN(C(=O)c2coc(CN(Cc3ccccc3)Cc3ccc(F)cc3)n2)C1. The van der Waals surface area contributed by atoms with Gasteiger partial charge in [0.25, 0.3) is 5.91 Å². The lowest BCUT2D eigenvalue weighted by molar-refractivity contribution is -0.149. The molecule has 184 valence electrons. The van der Waals surface area contributed by atoms with Crippen LogP contribution in [-0.4, -0.2) is 46.4 Å². The summed E-state index contributed by atoms with van der Waals surface area (Å²) in [6.07, 6.45) is 2.83. The molecule has 1 aliphatic rings. The molecular formula is C27H30FN3O4. The number of rotatable bonds is 9. The molecule has 7 nitrogen and oxygen atoms in total. The first kappa shape index (κ1) is 24.6. The first-order valence-electron chi connectivity index (χ1n) is 11.9. The number of ether oxygens (including phenoxy) is 1. The number of hydrogen-bond donors (Lipinski definition) is 0. The summed E-state index contributed by atoms with van der Waals surface area (Å²) in [4.78, 5) is 33.4. The van der Waals surface area contributed by atoms with Crippen molar-refractivity contribution in [2.75, 3.05) is 19.7 Å². The molecule has 8 heteroatoms. The quantitative estimate of drug-likeness (QED) is 0.423. The Hall–Kier alpha value is -3.52. The van der Waals surface area contributed by atoms with Crippen LogP contribution in [0.4, 0.5) is 4.39 Å². The van der Waals surface area contributed by atoms with Gasteiger partial charge in [0.1, 0.15) is 12.1 Å². The molecule has 0 N–H and O–H groups in total. The number of aromatic nitrogens is 1. The summed E-state index contributed by atoms with van der Waals surface area (Å²) < 4.78 is 24.1. The van der Waals surface area contributed by atoms with Crippen molar-refractivity contribution >= 4 is 11.9 Å². The number of esters is 1. The Balaban J connectivity index is 1.44. The van der Waals surface area contributed by atoms with E-state index in [4.69, 9.17) is 9.15 Å². The molecule has 1 saturated heterocycles. The molecule has 2 aromatic carbocycles. The first-order valence-corrected chi connectivity index (χ1v) is 11.9. The fraction of sp³-hybridized carbons (Fsp3) is 0.370. The normalized spacial score (nSPS) is 15.9. The van der Waals surface area contributed by atoms with Gasteiger partial charge >= 0.3 is 5.97 Å². The van der Waals surface area contributed by atoms with E-state index >= 15 is 0 Å². The molecule has 0 aliphatic carbocycles. The minimum absolute atomic E-state index is 0.228. The van der Waals surface area contributed by atoms with Gasteiger partial charge in [-0.3, -0.25) is 14.5 Å². The van der Waals surface area contributed by atoms with Gasteiger partial charge < -0.3 is 14.1 Å². The third kappa shape index (κ3) is 6.76. The van der Waals surface area contributed by atoms with Gasteiger partial charge in [0, 0.05) is 26.2 Å². The topological polar surface area (TPSA) is 75.9 Å². The van der Waals surface area contributed by atoms with E-state index in [1.807, 2.05) is 30.3 Å². The van der Waals surface area contributed by atoms with Crippen molar-refractivity contribution in [2.45, 2.75) is 39.4 Å². The maximum Gasteiger partial charge on any atom is 0.310 e. The minimum atomic E-state index is -0.309. The second kappa shape index (κ2) is 11.8. The van der Waals surface area contributed by atoms with Gasteiger partial charge in [0.05, 0.1) is 19.1 Å². The monoisotopic (exact) mass is 479 g/mol. The number of nitrogens with zero attached hydrogens (tertiary/aromatic N) is 3. The van der Waals surface area contributed by atoms with Crippen LogP contribution in [0.15, 0.2) is 65.3 Å². The van der Waals surface area contributed by atoms with E-state index in [0.717, 1.165) is 17.5 Å². The summed E-state index contributed by atoms with van der Waals surface area (Å²) in [5.41, 5.74) is 2.31. The van der Waals surface area contributed by atoms with Crippen LogP contribution >= 0.6 is 0 Å². The summed E-state index contributed by atoms with van der Waals surface area (Å²) in [6, 6.07) is 16.4. The van der Waals surface area contributed by atoms with E-state index in [-0.39, 0.29) is 29.3 Å². The van der Waals surface area contributed by atoms with Crippen molar-refractivity contribution in [3.05, 3.63) is 89.4 Å². The van der Waals surface area contributed by atoms with Gasteiger partial charge in [-0.1, -0.05) is 42.5 Å². The Labute approximate surface area is 204 Å². The third-order valence-electron chi connectivity index (χ3n) is 6.03. The number of carbonyl (C=O) groups excluding carboxylic acids is 2. The molecule has 0 radical (unpaired) electrons. The molecule has 1 aromatic heterocycles. The zero-order valence-corrected chi connectivity index (χ0v) is 19.9. The molecule has 1 fully saturated rings. The van der Waals surface area contributed by atoms with Crippen LogP contribution in [0.2, 0.25) is 0 Å². The van der Waals surface area contributed by atoms with E-state index in [9.17, 15) is 14.0 Å². The molecule has 1 atom stereocenters. The number of carbonyl (C=O) groups is 2. The Morgan fingerprint density at radius 1 is 1.09 bits per heavy atom. The molecule has 2 heterocycles. The van der Waals surface area contributed by atoms with Crippen LogP contribution in [0.25, 0.3) is 0 Å². The van der Waals surface area contributed by atoms with E-state index in [2.05, 4.69) is 9.88 Å². The second-order valence-corrected chi connectivity index (χ2v) is 8.73. The highest BCUT2D eigenvalue weighted by Gasteiger charge is 2.31. The van der Waals surface area contributed by atoms with Gasteiger partial charge in [-0.25, -0.2) is 9.37 Å². The highest BCUT2D eigenvalue weighted by atomic mass is 19.1. The van der Waals surface area contributed by atoms with Crippen LogP contribution < -0.4 is 0 Å². The lowest BCUT2D eigenvalue weighted by Gasteiger charge is -2.30. The molecule has 0 saturated carbocycles. The lowest BCUT2D eigenvalue weighted by atomic mass is 9.98. The van der Waals surface area contributed by atoms with Gasteiger partial charge in [0.2, 0.25) is 5.89 Å². The Morgan fingerprint density at radius 3 is 2.51 bits per heavy atom. The average molecular weight is 480 g/mol. The zero-order chi connectivity index (χ0) is 24.6. The maximum absolute atomic E-state index is 13.4. The summed E-state index contributed by atoms with van der Waals surface area (Å²) in [7, 11) is 0. The van der Waals surface area contributed by atoms with Crippen molar-refractivity contribution in [1.29, 1.82) is 0 Å². The summed E-state index contributed by atoms with van der Waals surface area (Å²) in [5.74, 6) is -0.672. The van der Waals surface area contributed by atoms with Crippen LogP contribution in [0, 0.1) is 11.7 Å². The van der Waals surface area contributed by atoms with Crippen LogP contribution in [0.3, 0.4) is 0 Å². The highest BCUT2D eigenvalue weighted by Crippen LogP contribution is 2.21. The van der Waals surface area contributed by atoms with Crippen molar-refractivity contribution in [3.63, 3.8) is 0 Å². The third-order valence-corrected chi connectivity index (χ3v) is 6.03. The molecular weight excluding hydrogens is 449 g/mol. The van der Waals surface area contributed by atoms with Crippen molar-refractivity contribution in [3.8, 4) is 0 Å². The number of oxazole rings is 1. The predicted molar refractivity (Wildman–Crippen MR) is 128 cm³/mol. The fourth-order valence-electron chi connectivity index (χ4n) is 4.31. The molecule has 35 heavy (non-hydrogen) atoms. The smallest absolute Gasteiger partial charge is 0.310 e. The number of likely N-dealkylation sites (tertiary alicyclic amines) is 1. The minimum Gasteiger partial charge on any atom is -0.466 e. The fourth-order valence-corrected chi connectivity index (χ4v) is 4.31. The predicted octanol–water partition coefficient (Wildman–Crippen LogP) is 4.43. The van der Waals surface area contributed by atoms with Crippen molar-refractivity contribution in [2.24, 2.45) is 5.92 Å². The molecule has 4 rings (SSSR count). The van der Waals surface area contributed by atoms with E-state index in [1.165, 1.54) is 18.4 Å². The lowest BCUT2D eigenvalue weighted by Crippen LogP contribution is -2.43. The standard InChI is InChI=1S/C27H30FN3O4/c1-2-34-27(33)22-9-6-14-31(17-22)26(32)24-19-35-25(29-24)18-30(15-20-7-4-3-5-8-20)16-21-10-12-23(28)13-11-21/h3-5,7-8,10-13,19,22H,2,6,9,14-18H2,1H3. The van der Waals surface area contributed by atoms with E-state index < -0.39 is 0 Å². The van der Waals surface area contributed by atoms with Gasteiger partial charge in [-0.05, 0) is 43.0 Å². The number of piperidine rings is 1. The Bertz CT molecular complexity index is 1120. The zero-order valence-electron chi connectivity index (χ0n) is 19.9. The summed E-state index contributed by atoms with van der Waals surface area (Å²) >= 11 is 0. The second-order valence-electron chi connectivity index (χ2n) is 8.73. The summed E-state index contributed by atoms with van der Waals surface area (Å²) in [6.45, 7) is 4.58. The number of amides is 1. The molecule has 1 unspecified atom stereocenters. The largest absolute Gasteiger partial charge is 0.466 e. The van der Waals surface area contributed by atoms with Gasteiger partial charge in [-0.2, -0.15) is 0 Å². The van der Waals surface area contributed by atoms with Gasteiger partial charge in [0.15, 0.2) is 5.69 Å². The number of halogens is 1. The molecule has 3 aromatic rings. The Kier molecular flexibility index (Phi) is 8.26.